The Bertz CT molecular complexity index is 1400. The average Bonchev–Trinajstić information content (AvgIpc) is 3.48. The molecule has 38 heavy (non-hydrogen) atoms. The average molecular weight is 676 g/mol. The topological polar surface area (TPSA) is 23.8 Å². The van der Waals surface area contributed by atoms with Gasteiger partial charge in [0.05, 0.1) is 0 Å². The van der Waals surface area contributed by atoms with Crippen LogP contribution in [0.25, 0.3) is 5.32 Å². The van der Waals surface area contributed by atoms with Crippen molar-refractivity contribution in [3.05, 3.63) is 164 Å². The molecule has 0 unspecified atom stereocenters. The van der Waals surface area contributed by atoms with E-state index in [1.807, 2.05) is 54.6 Å². The second-order valence-electron chi connectivity index (χ2n) is 8.66. The van der Waals surface area contributed by atoms with Crippen molar-refractivity contribution >= 4 is 39.8 Å². The van der Waals surface area contributed by atoms with E-state index in [1.54, 1.807) is 0 Å². The Kier molecular flexibility index (Phi) is 7.95. The van der Waals surface area contributed by atoms with E-state index < -0.39 is 0 Å². The summed E-state index contributed by atoms with van der Waals surface area (Å²) in [7, 11) is 0. The molecule has 5 aromatic carbocycles. The van der Waals surface area contributed by atoms with Gasteiger partial charge in [-0.3, -0.25) is 0 Å². The smallest absolute Gasteiger partial charge is 0.0460 e. The molecule has 5 aromatic rings. The van der Waals surface area contributed by atoms with Crippen LogP contribution in [0.15, 0.2) is 152 Å². The largest absolute Gasteiger partial charge is 0.654 e. The minimum absolute atomic E-state index is 0. The second kappa shape index (κ2) is 11.9. The van der Waals surface area contributed by atoms with Gasteiger partial charge in [0.25, 0.3) is 0 Å². The van der Waals surface area contributed by atoms with Crippen molar-refractivity contribution in [2.45, 2.75) is 0 Å². The molecule has 0 amide bonds. The summed E-state index contributed by atoms with van der Waals surface area (Å²) >= 11 is 0. The molecule has 0 aromatic heterocycles. The van der Waals surface area contributed by atoms with Crippen LogP contribution in [0, 0.1) is 6.67 Å². The van der Waals surface area contributed by atoms with Gasteiger partial charge in [0, 0.05) is 50.8 Å². The molecule has 4 nitrogen and oxygen atoms in total. The molecule has 2 heterocycles. The van der Waals surface area contributed by atoms with Gasteiger partial charge in [-0.2, -0.15) is 0 Å². The van der Waals surface area contributed by atoms with E-state index in [0.29, 0.717) is 0 Å². The number of anilines is 5. The predicted octanol–water partition coefficient (Wildman–Crippen LogP) is 9.41. The summed E-state index contributed by atoms with van der Waals surface area (Å²) in [5, 5.41) is 4.74. The third-order valence-electron chi connectivity index (χ3n) is 6.25. The van der Waals surface area contributed by atoms with Gasteiger partial charge in [-0.1, -0.05) is 91.0 Å². The molecule has 7 rings (SSSR count). The molecule has 0 saturated carbocycles. The first-order valence-electron chi connectivity index (χ1n) is 12.3. The van der Waals surface area contributed by atoms with E-state index in [2.05, 4.69) is 119 Å². The summed E-state index contributed by atoms with van der Waals surface area (Å²) < 4.78 is 0. The molecule has 0 atom stereocenters. The zero-order valence-electron chi connectivity index (χ0n) is 20.6. The van der Waals surface area contributed by atoms with E-state index in [1.165, 1.54) is 11.4 Å². The van der Waals surface area contributed by atoms with E-state index in [0.717, 1.165) is 28.4 Å². The molecule has 0 bridgehead atoms. The fourth-order valence-electron chi connectivity index (χ4n) is 4.47. The van der Waals surface area contributed by atoms with Crippen LogP contribution < -0.4 is 14.7 Å². The number of nitrogens with zero attached hydrogens (tertiary/aromatic N) is 4. The quantitative estimate of drug-likeness (QED) is 0.138. The number of para-hydroxylation sites is 7. The molecule has 0 saturated heterocycles. The maximum absolute atomic E-state index is 4.74. The Morgan fingerprint density at radius 1 is 0.421 bits per heavy atom. The predicted molar refractivity (Wildman–Crippen MR) is 155 cm³/mol. The first-order chi connectivity index (χ1) is 18.4. The van der Waals surface area contributed by atoms with Crippen molar-refractivity contribution in [3.63, 3.8) is 0 Å². The normalized spacial score (nSPS) is 12.9. The van der Waals surface area contributed by atoms with Crippen LogP contribution in [-0.2, 0) is 22.4 Å². The van der Waals surface area contributed by atoms with Gasteiger partial charge in [0.1, 0.15) is 0 Å². The summed E-state index contributed by atoms with van der Waals surface area (Å²) in [4.78, 5) is 6.47. The Labute approximate surface area is 240 Å². The van der Waals surface area contributed by atoms with Crippen molar-refractivity contribution in [1.82, 2.24) is 0 Å². The second-order valence-corrected chi connectivity index (χ2v) is 8.66. The molecule has 191 valence electrons. The van der Waals surface area contributed by atoms with Gasteiger partial charge < -0.3 is 20.0 Å². The van der Waals surface area contributed by atoms with Crippen LogP contribution in [0.5, 0.6) is 0 Å². The van der Waals surface area contributed by atoms with E-state index in [-0.39, 0.29) is 22.4 Å². The molecule has 0 spiro atoms. The summed E-state index contributed by atoms with van der Waals surface area (Å²) in [6, 6.07) is 47.5. The van der Waals surface area contributed by atoms with E-state index >= 15 is 0 Å². The number of hydrogen-bond acceptors (Lipinski definition) is 3. The number of rotatable bonds is 3. The summed E-state index contributed by atoms with van der Waals surface area (Å²) in [5.41, 5.74) is 7.76. The van der Waals surface area contributed by atoms with Crippen LogP contribution >= 0.6 is 0 Å². The fourth-order valence-corrected chi connectivity index (χ4v) is 4.47. The van der Waals surface area contributed by atoms with Gasteiger partial charge in [-0.15, -0.1) is 18.0 Å². The van der Waals surface area contributed by atoms with Crippen molar-refractivity contribution in [3.8, 4) is 0 Å². The van der Waals surface area contributed by atoms with Crippen LogP contribution in [0.4, 0.5) is 39.8 Å². The van der Waals surface area contributed by atoms with Crippen LogP contribution in [0.3, 0.4) is 0 Å². The van der Waals surface area contributed by atoms with Crippen molar-refractivity contribution in [1.29, 1.82) is 0 Å². The molecule has 0 fully saturated rings. The van der Waals surface area contributed by atoms with Gasteiger partial charge in [-0.25, -0.2) is 0 Å². The molecule has 2 aliphatic heterocycles. The standard InChI is InChI=1S/C18H13N2.C15H13N2.Au/c1-2-8-14(9-3-1)20-17-12-6-4-10-15(17)19-16-11-5-7-13-18(16)20;1-3-7-14(8-4-1)16-11-12-17(13-16)15-9-5-2-6-10-15;/h1-13H;1-13H;/q2*-1;. The third kappa shape index (κ3) is 5.38. The molecule has 1 radical (unpaired) electrons. The molecule has 2 aliphatic rings. The first kappa shape index (κ1) is 25.4. The summed E-state index contributed by atoms with van der Waals surface area (Å²) in [6.07, 6.45) is 4.12. The summed E-state index contributed by atoms with van der Waals surface area (Å²) in [5.74, 6) is 0. The Hall–Kier alpha value is -4.22. The molecule has 5 heteroatoms. The maximum Gasteiger partial charge on any atom is 0.0460 e. The minimum atomic E-state index is 0. The van der Waals surface area contributed by atoms with Gasteiger partial charge in [0.2, 0.25) is 0 Å². The Morgan fingerprint density at radius 2 is 0.789 bits per heavy atom. The zero-order chi connectivity index (χ0) is 24.9. The fraction of sp³-hybridized carbons (Fsp3) is 0. The van der Waals surface area contributed by atoms with Gasteiger partial charge in [0.15, 0.2) is 0 Å². The molecule has 0 aliphatic carbocycles. The SMILES string of the molecule is C1=CN(c2ccccc2)[CH-]N1c1ccccc1.[Au].c1ccc(N2c3ccccc3[N-]c3ccccc32)cc1. The van der Waals surface area contributed by atoms with Crippen molar-refractivity contribution in [2.24, 2.45) is 0 Å². The first-order valence-corrected chi connectivity index (χ1v) is 12.3. The van der Waals surface area contributed by atoms with Crippen LogP contribution in [0.1, 0.15) is 0 Å². The third-order valence-corrected chi connectivity index (χ3v) is 6.25. The van der Waals surface area contributed by atoms with E-state index in [9.17, 15) is 0 Å². The summed E-state index contributed by atoms with van der Waals surface area (Å²) in [6.45, 7) is 2.07. The molecular formula is C33H26AuN4-2. The molecular weight excluding hydrogens is 649 g/mol. The number of benzene rings is 5. The monoisotopic (exact) mass is 675 g/mol. The van der Waals surface area contributed by atoms with Crippen LogP contribution in [-0.4, -0.2) is 0 Å². The van der Waals surface area contributed by atoms with Crippen molar-refractivity contribution < 1.29 is 22.4 Å². The Balaban J connectivity index is 0.000000153. The van der Waals surface area contributed by atoms with Gasteiger partial charge >= 0.3 is 0 Å². The van der Waals surface area contributed by atoms with Crippen LogP contribution in [0.2, 0.25) is 0 Å². The Morgan fingerprint density at radius 3 is 1.24 bits per heavy atom. The van der Waals surface area contributed by atoms with Crippen molar-refractivity contribution in [2.75, 3.05) is 14.7 Å². The van der Waals surface area contributed by atoms with E-state index in [4.69, 9.17) is 5.32 Å². The maximum atomic E-state index is 4.74. The number of hydrogen-bond donors (Lipinski definition) is 0. The molecule has 0 N–H and O–H groups in total. The van der Waals surface area contributed by atoms with Gasteiger partial charge in [-0.05, 0) is 60.9 Å². The minimum Gasteiger partial charge on any atom is -0.654 e. The zero-order valence-corrected chi connectivity index (χ0v) is 22.8. The number of fused-ring (bicyclic) bond motifs is 2.